The van der Waals surface area contributed by atoms with Crippen LogP contribution in [-0.2, 0) is 4.79 Å². The number of carbonyl (C=O) groups is 1. The number of carbonyl (C=O) groups excluding carboxylic acids is 1. The van der Waals surface area contributed by atoms with E-state index >= 15 is 0 Å². The highest BCUT2D eigenvalue weighted by Crippen LogP contribution is 2.24. The van der Waals surface area contributed by atoms with Gasteiger partial charge in [-0.15, -0.1) is 0 Å². The maximum atomic E-state index is 11.7. The van der Waals surface area contributed by atoms with Crippen LogP contribution in [0.2, 0.25) is 0 Å². The second kappa shape index (κ2) is 6.12. The molecule has 2 rings (SSSR count). The SMILES string of the molecule is CC(=O)/C(=C\c1ccccc1)C(O)c1ccccc1. The number of aliphatic hydroxyl groups is 1. The average molecular weight is 252 g/mol. The lowest BCUT2D eigenvalue weighted by molar-refractivity contribution is -0.114. The standard InChI is InChI=1S/C17H16O2/c1-13(18)16(12-14-8-4-2-5-9-14)17(19)15-10-6-3-7-11-15/h2-12,17,19H,1H3/b16-12+. The molecular weight excluding hydrogens is 236 g/mol. The zero-order valence-electron chi connectivity index (χ0n) is 10.8. The van der Waals surface area contributed by atoms with Gasteiger partial charge in [-0.2, -0.15) is 0 Å². The van der Waals surface area contributed by atoms with Crippen molar-refractivity contribution in [1.82, 2.24) is 0 Å². The Kier molecular flexibility index (Phi) is 4.26. The summed E-state index contributed by atoms with van der Waals surface area (Å²) in [6.45, 7) is 1.47. The van der Waals surface area contributed by atoms with Crippen LogP contribution in [0.4, 0.5) is 0 Å². The Morgan fingerprint density at radius 2 is 1.53 bits per heavy atom. The molecule has 0 aromatic heterocycles. The molecule has 0 saturated heterocycles. The van der Waals surface area contributed by atoms with Gasteiger partial charge in [-0.1, -0.05) is 60.7 Å². The van der Waals surface area contributed by atoms with Gasteiger partial charge in [0.15, 0.2) is 5.78 Å². The molecule has 2 heteroatoms. The Balaban J connectivity index is 2.36. The number of benzene rings is 2. The lowest BCUT2D eigenvalue weighted by atomic mass is 9.97. The number of ketones is 1. The Bertz CT molecular complexity index is 571. The second-order valence-corrected chi connectivity index (χ2v) is 4.38. The summed E-state index contributed by atoms with van der Waals surface area (Å²) in [5.41, 5.74) is 2.03. The second-order valence-electron chi connectivity index (χ2n) is 4.38. The van der Waals surface area contributed by atoms with Gasteiger partial charge in [0.05, 0.1) is 0 Å². The van der Waals surface area contributed by atoms with Crippen molar-refractivity contribution in [2.75, 3.05) is 0 Å². The van der Waals surface area contributed by atoms with Crippen molar-refractivity contribution in [2.45, 2.75) is 13.0 Å². The normalized spacial score (nSPS) is 13.1. The molecule has 19 heavy (non-hydrogen) atoms. The van der Waals surface area contributed by atoms with E-state index in [1.807, 2.05) is 60.7 Å². The molecule has 0 radical (unpaired) electrons. The fourth-order valence-corrected chi connectivity index (χ4v) is 1.92. The van der Waals surface area contributed by atoms with E-state index in [1.54, 1.807) is 6.08 Å². The monoisotopic (exact) mass is 252 g/mol. The van der Waals surface area contributed by atoms with E-state index in [2.05, 4.69) is 0 Å². The van der Waals surface area contributed by atoms with Crippen LogP contribution in [0.5, 0.6) is 0 Å². The highest BCUT2D eigenvalue weighted by atomic mass is 16.3. The van der Waals surface area contributed by atoms with E-state index in [0.717, 1.165) is 11.1 Å². The minimum Gasteiger partial charge on any atom is -0.384 e. The highest BCUT2D eigenvalue weighted by Gasteiger charge is 2.16. The van der Waals surface area contributed by atoms with Gasteiger partial charge in [-0.05, 0) is 24.1 Å². The molecule has 0 spiro atoms. The molecule has 0 aliphatic heterocycles. The average Bonchev–Trinajstić information content (AvgIpc) is 2.46. The molecule has 1 N–H and O–H groups in total. The van der Waals surface area contributed by atoms with Gasteiger partial charge in [-0.25, -0.2) is 0 Å². The first-order chi connectivity index (χ1) is 9.18. The van der Waals surface area contributed by atoms with Gasteiger partial charge in [0.2, 0.25) is 0 Å². The van der Waals surface area contributed by atoms with E-state index in [-0.39, 0.29) is 5.78 Å². The van der Waals surface area contributed by atoms with Crippen LogP contribution in [0.25, 0.3) is 6.08 Å². The van der Waals surface area contributed by atoms with Crippen molar-refractivity contribution in [3.8, 4) is 0 Å². The first kappa shape index (κ1) is 13.2. The molecule has 2 aromatic rings. The topological polar surface area (TPSA) is 37.3 Å². The molecular formula is C17H16O2. The summed E-state index contributed by atoms with van der Waals surface area (Å²) in [5.74, 6) is -0.125. The maximum absolute atomic E-state index is 11.7. The van der Waals surface area contributed by atoms with Crippen LogP contribution < -0.4 is 0 Å². The smallest absolute Gasteiger partial charge is 0.158 e. The quantitative estimate of drug-likeness (QED) is 0.847. The fraction of sp³-hybridized carbons (Fsp3) is 0.118. The lowest BCUT2D eigenvalue weighted by Crippen LogP contribution is -2.08. The molecule has 2 nitrogen and oxygen atoms in total. The Labute approximate surface area is 113 Å². The van der Waals surface area contributed by atoms with Crippen LogP contribution in [0.1, 0.15) is 24.2 Å². The lowest BCUT2D eigenvalue weighted by Gasteiger charge is -2.13. The van der Waals surface area contributed by atoms with Crippen LogP contribution in [0.15, 0.2) is 66.2 Å². The molecule has 96 valence electrons. The predicted molar refractivity (Wildman–Crippen MR) is 76.5 cm³/mol. The number of hydrogen-bond acceptors (Lipinski definition) is 2. The van der Waals surface area contributed by atoms with Gasteiger partial charge < -0.3 is 5.11 Å². The van der Waals surface area contributed by atoms with Crippen molar-refractivity contribution in [3.63, 3.8) is 0 Å². The van der Waals surface area contributed by atoms with Gasteiger partial charge in [-0.3, -0.25) is 4.79 Å². The van der Waals surface area contributed by atoms with Gasteiger partial charge in [0.1, 0.15) is 6.10 Å². The van der Waals surface area contributed by atoms with Crippen molar-refractivity contribution in [1.29, 1.82) is 0 Å². The maximum Gasteiger partial charge on any atom is 0.158 e. The van der Waals surface area contributed by atoms with Crippen LogP contribution >= 0.6 is 0 Å². The first-order valence-corrected chi connectivity index (χ1v) is 6.19. The zero-order valence-corrected chi connectivity index (χ0v) is 10.8. The van der Waals surface area contributed by atoms with E-state index in [1.165, 1.54) is 6.92 Å². The minimum absolute atomic E-state index is 0.125. The Morgan fingerprint density at radius 3 is 2.05 bits per heavy atom. The van der Waals surface area contributed by atoms with E-state index in [9.17, 15) is 9.90 Å². The third-order valence-corrected chi connectivity index (χ3v) is 2.94. The summed E-state index contributed by atoms with van der Waals surface area (Å²) in [6, 6.07) is 18.7. The molecule has 1 atom stereocenters. The van der Waals surface area contributed by atoms with Crippen molar-refractivity contribution in [2.24, 2.45) is 0 Å². The zero-order chi connectivity index (χ0) is 13.7. The van der Waals surface area contributed by atoms with Gasteiger partial charge in [0, 0.05) is 5.57 Å². The number of Topliss-reactive ketones (excluding diaryl/α,β-unsaturated/α-hetero) is 1. The molecule has 1 unspecified atom stereocenters. The van der Waals surface area contributed by atoms with Crippen LogP contribution in [-0.4, -0.2) is 10.9 Å². The summed E-state index contributed by atoms with van der Waals surface area (Å²) < 4.78 is 0. The van der Waals surface area contributed by atoms with Crippen LogP contribution in [0.3, 0.4) is 0 Å². The molecule has 0 aliphatic carbocycles. The third kappa shape index (κ3) is 3.39. The number of rotatable bonds is 4. The van der Waals surface area contributed by atoms with Gasteiger partial charge >= 0.3 is 0 Å². The third-order valence-electron chi connectivity index (χ3n) is 2.94. The van der Waals surface area contributed by atoms with Crippen molar-refractivity contribution >= 4 is 11.9 Å². The molecule has 0 amide bonds. The van der Waals surface area contributed by atoms with Crippen LogP contribution in [0, 0.1) is 0 Å². The Morgan fingerprint density at radius 1 is 1.00 bits per heavy atom. The first-order valence-electron chi connectivity index (χ1n) is 6.19. The molecule has 0 heterocycles. The largest absolute Gasteiger partial charge is 0.384 e. The van der Waals surface area contributed by atoms with Crippen molar-refractivity contribution < 1.29 is 9.90 Å². The van der Waals surface area contributed by atoms with Gasteiger partial charge in [0.25, 0.3) is 0 Å². The molecule has 0 fully saturated rings. The molecule has 0 bridgehead atoms. The summed E-state index contributed by atoms with van der Waals surface area (Å²) >= 11 is 0. The number of aliphatic hydroxyl groups excluding tert-OH is 1. The number of hydrogen-bond donors (Lipinski definition) is 1. The fourth-order valence-electron chi connectivity index (χ4n) is 1.92. The summed E-state index contributed by atoms with van der Waals surface area (Å²) in [5, 5.41) is 10.3. The summed E-state index contributed by atoms with van der Waals surface area (Å²) in [7, 11) is 0. The van der Waals surface area contributed by atoms with E-state index < -0.39 is 6.10 Å². The molecule has 2 aromatic carbocycles. The minimum atomic E-state index is -0.890. The van der Waals surface area contributed by atoms with Crippen molar-refractivity contribution in [3.05, 3.63) is 77.4 Å². The Hall–Kier alpha value is -2.19. The molecule has 0 saturated carbocycles. The van der Waals surface area contributed by atoms with E-state index in [4.69, 9.17) is 0 Å². The molecule has 0 aliphatic rings. The van der Waals surface area contributed by atoms with E-state index in [0.29, 0.717) is 5.57 Å². The summed E-state index contributed by atoms with van der Waals surface area (Å²) in [6.07, 6.45) is 0.846. The highest BCUT2D eigenvalue weighted by molar-refractivity contribution is 5.98. The predicted octanol–water partition coefficient (Wildman–Crippen LogP) is 3.39. The summed E-state index contributed by atoms with van der Waals surface area (Å²) in [4.78, 5) is 11.7.